The number of aryl methyl sites for hydroxylation is 2. The van der Waals surface area contributed by atoms with Gasteiger partial charge in [0.2, 0.25) is 0 Å². The van der Waals surface area contributed by atoms with E-state index in [2.05, 4.69) is 13.8 Å². The second kappa shape index (κ2) is 8.07. The normalized spacial score (nSPS) is 13.8. The minimum absolute atomic E-state index is 0.407. The molecule has 2 aromatic rings. The maximum Gasteiger partial charge on any atom is 0.160 e. The molecule has 0 aromatic heterocycles. The summed E-state index contributed by atoms with van der Waals surface area (Å²) in [6, 6.07) is 14.4. The Kier molecular flexibility index (Phi) is 6.11. The summed E-state index contributed by atoms with van der Waals surface area (Å²) >= 11 is 0. The number of hydrogen-bond acceptors (Lipinski definition) is 0. The van der Waals surface area contributed by atoms with E-state index in [4.69, 9.17) is 0 Å². The van der Waals surface area contributed by atoms with E-state index >= 15 is 0 Å². The molecule has 0 fully saturated rings. The molecule has 0 N–H and O–H groups in total. The molecule has 0 heterocycles. The van der Waals surface area contributed by atoms with E-state index in [0.29, 0.717) is 11.1 Å². The van der Waals surface area contributed by atoms with Gasteiger partial charge in [-0.15, -0.1) is 0 Å². The summed E-state index contributed by atoms with van der Waals surface area (Å²) in [6.45, 7) is 4.21. The van der Waals surface area contributed by atoms with E-state index in [1.165, 1.54) is 0 Å². The van der Waals surface area contributed by atoms with E-state index in [-0.39, 0.29) is 0 Å². The first-order valence-corrected chi connectivity index (χ1v) is 8.11. The molecule has 2 unspecified atom stereocenters. The smallest absolute Gasteiger partial charge is 0.160 e. The highest BCUT2D eigenvalue weighted by molar-refractivity contribution is 5.29. The lowest BCUT2D eigenvalue weighted by molar-refractivity contribution is 0.170. The van der Waals surface area contributed by atoms with Crippen LogP contribution in [0.15, 0.2) is 48.5 Å². The predicted octanol–water partition coefficient (Wildman–Crippen LogP) is 6.31. The number of hydrogen-bond donors (Lipinski definition) is 0. The van der Waals surface area contributed by atoms with Gasteiger partial charge in [0.25, 0.3) is 0 Å². The quantitative estimate of drug-likeness (QED) is 0.562. The third-order valence-electron chi connectivity index (χ3n) is 3.93. The first-order chi connectivity index (χ1) is 10.7. The standard InChI is InChI=1S/C20H24F2/c1-3-5-15-7-11-17(12-8-15)19(21)20(22)18-13-9-16(6-4-2)10-14-18/h7-14,19-20H,3-6H2,1-2H3. The lowest BCUT2D eigenvalue weighted by Crippen LogP contribution is -2.03. The monoisotopic (exact) mass is 302 g/mol. The van der Waals surface area contributed by atoms with Crippen molar-refractivity contribution in [2.45, 2.75) is 51.9 Å². The first-order valence-electron chi connectivity index (χ1n) is 8.11. The molecule has 2 aromatic carbocycles. The average Bonchev–Trinajstić information content (AvgIpc) is 2.55. The zero-order valence-electron chi connectivity index (χ0n) is 13.4. The summed E-state index contributed by atoms with van der Waals surface area (Å²) in [5.74, 6) is 0. The van der Waals surface area contributed by atoms with Crippen molar-refractivity contribution in [2.24, 2.45) is 0 Å². The van der Waals surface area contributed by atoms with Crippen molar-refractivity contribution in [3.63, 3.8) is 0 Å². The Balaban J connectivity index is 2.08. The van der Waals surface area contributed by atoms with Crippen LogP contribution >= 0.6 is 0 Å². The molecule has 0 saturated carbocycles. The number of rotatable bonds is 7. The summed E-state index contributed by atoms with van der Waals surface area (Å²) in [7, 11) is 0. The van der Waals surface area contributed by atoms with Crippen molar-refractivity contribution in [1.29, 1.82) is 0 Å². The molecule has 0 radical (unpaired) electrons. The molecule has 0 saturated heterocycles. The van der Waals surface area contributed by atoms with Crippen molar-refractivity contribution >= 4 is 0 Å². The van der Waals surface area contributed by atoms with Crippen LogP contribution in [-0.4, -0.2) is 0 Å². The molecule has 0 bridgehead atoms. The summed E-state index contributed by atoms with van der Waals surface area (Å²) in [5.41, 5.74) is 3.14. The van der Waals surface area contributed by atoms with Crippen LogP contribution in [0.2, 0.25) is 0 Å². The predicted molar refractivity (Wildman–Crippen MR) is 88.6 cm³/mol. The average molecular weight is 302 g/mol. The summed E-state index contributed by atoms with van der Waals surface area (Å²) in [6.07, 6.45) is 0.799. The zero-order chi connectivity index (χ0) is 15.9. The van der Waals surface area contributed by atoms with Gasteiger partial charge in [-0.3, -0.25) is 0 Å². The van der Waals surface area contributed by atoms with Crippen molar-refractivity contribution in [3.05, 3.63) is 70.8 Å². The zero-order valence-corrected chi connectivity index (χ0v) is 13.4. The number of halogens is 2. The summed E-state index contributed by atoms with van der Waals surface area (Å²) in [4.78, 5) is 0. The molecule has 118 valence electrons. The van der Waals surface area contributed by atoms with Gasteiger partial charge in [0.15, 0.2) is 12.3 Å². The van der Waals surface area contributed by atoms with E-state index in [1.807, 2.05) is 24.3 Å². The molecule has 0 aliphatic heterocycles. The minimum Gasteiger partial charge on any atom is -0.239 e. The van der Waals surface area contributed by atoms with Gasteiger partial charge in [0, 0.05) is 0 Å². The molecule has 0 amide bonds. The number of alkyl halides is 2. The van der Waals surface area contributed by atoms with Gasteiger partial charge in [0.1, 0.15) is 0 Å². The molecule has 2 rings (SSSR count). The Morgan fingerprint density at radius 3 is 1.23 bits per heavy atom. The van der Waals surface area contributed by atoms with E-state index in [9.17, 15) is 8.78 Å². The van der Waals surface area contributed by atoms with Gasteiger partial charge in [-0.25, -0.2) is 8.78 Å². The summed E-state index contributed by atoms with van der Waals surface area (Å²) in [5, 5.41) is 0. The molecule has 0 aliphatic carbocycles. The second-order valence-corrected chi connectivity index (χ2v) is 5.79. The first kappa shape index (κ1) is 16.7. The Hall–Kier alpha value is -1.70. The molecular weight excluding hydrogens is 278 g/mol. The fourth-order valence-electron chi connectivity index (χ4n) is 2.65. The number of benzene rings is 2. The van der Waals surface area contributed by atoms with Gasteiger partial charge in [-0.05, 0) is 35.1 Å². The van der Waals surface area contributed by atoms with E-state index in [0.717, 1.165) is 36.8 Å². The van der Waals surface area contributed by atoms with Crippen LogP contribution in [0, 0.1) is 0 Å². The molecule has 2 heteroatoms. The van der Waals surface area contributed by atoms with Crippen molar-refractivity contribution in [2.75, 3.05) is 0 Å². The van der Waals surface area contributed by atoms with Gasteiger partial charge < -0.3 is 0 Å². The molecule has 0 nitrogen and oxygen atoms in total. The van der Waals surface area contributed by atoms with Crippen LogP contribution in [0.4, 0.5) is 8.78 Å². The third-order valence-corrected chi connectivity index (χ3v) is 3.93. The minimum atomic E-state index is -1.62. The van der Waals surface area contributed by atoms with Crippen LogP contribution < -0.4 is 0 Å². The fraction of sp³-hybridized carbons (Fsp3) is 0.400. The third kappa shape index (κ3) is 4.16. The highest BCUT2D eigenvalue weighted by atomic mass is 19.2. The lowest BCUT2D eigenvalue weighted by Gasteiger charge is -2.15. The van der Waals surface area contributed by atoms with Crippen molar-refractivity contribution in [1.82, 2.24) is 0 Å². The topological polar surface area (TPSA) is 0 Å². The van der Waals surface area contributed by atoms with Crippen LogP contribution in [0.25, 0.3) is 0 Å². The second-order valence-electron chi connectivity index (χ2n) is 5.79. The van der Waals surface area contributed by atoms with E-state index in [1.54, 1.807) is 24.3 Å². The van der Waals surface area contributed by atoms with Gasteiger partial charge in [-0.1, -0.05) is 75.2 Å². The van der Waals surface area contributed by atoms with Gasteiger partial charge in [0.05, 0.1) is 0 Å². The fourth-order valence-corrected chi connectivity index (χ4v) is 2.65. The lowest BCUT2D eigenvalue weighted by atomic mass is 9.97. The highest BCUT2D eigenvalue weighted by Gasteiger charge is 2.24. The summed E-state index contributed by atoms with van der Waals surface area (Å²) < 4.78 is 28.8. The molecule has 22 heavy (non-hydrogen) atoms. The SMILES string of the molecule is CCCc1ccc(C(F)C(F)c2ccc(CCC)cc2)cc1. The van der Waals surface area contributed by atoms with Gasteiger partial charge in [-0.2, -0.15) is 0 Å². The van der Waals surface area contributed by atoms with Crippen molar-refractivity contribution in [3.8, 4) is 0 Å². The Morgan fingerprint density at radius 1 is 0.636 bits per heavy atom. The largest absolute Gasteiger partial charge is 0.239 e. The maximum atomic E-state index is 14.4. The molecule has 2 atom stereocenters. The van der Waals surface area contributed by atoms with Crippen molar-refractivity contribution < 1.29 is 8.78 Å². The highest BCUT2D eigenvalue weighted by Crippen LogP contribution is 2.35. The maximum absolute atomic E-state index is 14.4. The Bertz CT molecular complexity index is 504. The van der Waals surface area contributed by atoms with Crippen LogP contribution in [0.1, 0.15) is 61.3 Å². The van der Waals surface area contributed by atoms with Crippen LogP contribution in [0.5, 0.6) is 0 Å². The molecule has 0 spiro atoms. The van der Waals surface area contributed by atoms with Crippen LogP contribution in [-0.2, 0) is 12.8 Å². The van der Waals surface area contributed by atoms with E-state index < -0.39 is 12.3 Å². The Morgan fingerprint density at radius 2 is 0.955 bits per heavy atom. The Labute approximate surface area is 132 Å². The van der Waals surface area contributed by atoms with Crippen LogP contribution in [0.3, 0.4) is 0 Å². The molecular formula is C20H24F2. The molecule has 0 aliphatic rings. The van der Waals surface area contributed by atoms with Gasteiger partial charge >= 0.3 is 0 Å².